The van der Waals surface area contributed by atoms with Gasteiger partial charge in [0.05, 0.1) is 11.4 Å². The molecule has 2 aromatic carbocycles. The Morgan fingerprint density at radius 3 is 2.53 bits per heavy atom. The van der Waals surface area contributed by atoms with Gasteiger partial charge in [0.1, 0.15) is 0 Å². The molecule has 8 nitrogen and oxygen atoms in total. The molecule has 10 heteroatoms. The van der Waals surface area contributed by atoms with Gasteiger partial charge in [-0.1, -0.05) is 30.3 Å². The molecule has 2 N–H and O–H groups in total. The van der Waals surface area contributed by atoms with E-state index in [0.717, 1.165) is 0 Å². The largest absolute Gasteiger partial charge is 0.481 e. The number of carbonyl (C=O) groups is 3. The van der Waals surface area contributed by atoms with Crippen LogP contribution in [0.4, 0.5) is 15.2 Å². The number of ether oxygens (including phenoxy) is 1. The van der Waals surface area contributed by atoms with Crippen LogP contribution in [0.2, 0.25) is 0 Å². The molecule has 0 unspecified atom stereocenters. The summed E-state index contributed by atoms with van der Waals surface area (Å²) < 4.78 is 18.5. The van der Waals surface area contributed by atoms with Crippen molar-refractivity contribution in [2.75, 3.05) is 11.5 Å². The number of nitrogens with zero attached hydrogens (tertiary/aromatic N) is 2. The zero-order valence-corrected chi connectivity index (χ0v) is 17.8. The van der Waals surface area contributed by atoms with Crippen LogP contribution in [0, 0.1) is 5.82 Å². The summed E-state index contributed by atoms with van der Waals surface area (Å²) in [4.78, 5) is 41.6. The molecule has 32 heavy (non-hydrogen) atoms. The summed E-state index contributed by atoms with van der Waals surface area (Å²) in [5.41, 5.74) is 5.50. The van der Waals surface area contributed by atoms with Crippen LogP contribution in [0.25, 0.3) is 6.08 Å². The fourth-order valence-electron chi connectivity index (χ4n) is 2.53. The number of amides is 3. The number of hydrazine groups is 1. The molecule has 0 aliphatic carbocycles. The van der Waals surface area contributed by atoms with Crippen LogP contribution < -0.4 is 20.5 Å². The highest BCUT2D eigenvalue weighted by molar-refractivity contribution is 7.14. The molecule has 164 valence electrons. The lowest BCUT2D eigenvalue weighted by atomic mass is 10.3. The number of hydrogen-bond acceptors (Lipinski definition) is 6. The van der Waals surface area contributed by atoms with Crippen LogP contribution >= 0.6 is 11.3 Å². The van der Waals surface area contributed by atoms with Gasteiger partial charge in [-0.15, -0.1) is 11.3 Å². The Balaban J connectivity index is 1.51. The van der Waals surface area contributed by atoms with Crippen LogP contribution in [-0.4, -0.2) is 29.3 Å². The summed E-state index contributed by atoms with van der Waals surface area (Å²) in [6.45, 7) is 0.969. The van der Waals surface area contributed by atoms with Crippen molar-refractivity contribution >= 4 is 46.0 Å². The van der Waals surface area contributed by atoms with E-state index in [1.54, 1.807) is 23.6 Å². The lowest BCUT2D eigenvalue weighted by molar-refractivity contribution is -0.128. The fraction of sp³-hybridized carbons (Fsp3) is 0.0909. The quantitative estimate of drug-likeness (QED) is 0.422. The molecule has 3 rings (SSSR count). The topological polar surface area (TPSA) is 101 Å². The number of hydrogen-bond donors (Lipinski definition) is 2. The second-order valence-electron chi connectivity index (χ2n) is 6.33. The van der Waals surface area contributed by atoms with E-state index in [9.17, 15) is 18.8 Å². The van der Waals surface area contributed by atoms with E-state index < -0.39 is 24.2 Å². The molecular formula is C22H19FN4O4S. The minimum absolute atomic E-state index is 0.0664. The van der Waals surface area contributed by atoms with Crippen LogP contribution in [0.3, 0.4) is 0 Å². The highest BCUT2D eigenvalue weighted by Gasteiger charge is 2.17. The zero-order chi connectivity index (χ0) is 22.9. The normalized spacial score (nSPS) is 10.6. The van der Waals surface area contributed by atoms with E-state index in [1.165, 1.54) is 53.5 Å². The van der Waals surface area contributed by atoms with Crippen LogP contribution in [-0.2, 0) is 14.4 Å². The highest BCUT2D eigenvalue weighted by Crippen LogP contribution is 2.28. The van der Waals surface area contributed by atoms with Crippen molar-refractivity contribution in [2.24, 2.45) is 0 Å². The number of nitrogens with one attached hydrogen (secondary N) is 2. The van der Waals surface area contributed by atoms with E-state index in [-0.39, 0.29) is 11.7 Å². The van der Waals surface area contributed by atoms with Gasteiger partial charge in [0, 0.05) is 18.4 Å². The molecule has 3 aromatic rings. The standard InChI is InChI=1S/C22H19FN4O4S/c1-15(28)27(17-7-3-2-4-8-17)22-24-16(14-32-22)11-12-20(29)25-26-21(30)13-31-19-10-6-5-9-18(19)23/h2-12,14H,13H2,1H3,(H,25,29)(H,26,30). The van der Waals surface area contributed by atoms with Crippen molar-refractivity contribution in [3.8, 4) is 5.75 Å². The average molecular weight is 454 g/mol. The number of anilines is 2. The van der Waals surface area contributed by atoms with Crippen molar-refractivity contribution in [2.45, 2.75) is 6.92 Å². The summed E-state index contributed by atoms with van der Waals surface area (Å²) in [7, 11) is 0. The average Bonchev–Trinajstić information content (AvgIpc) is 3.24. The predicted octanol–water partition coefficient (Wildman–Crippen LogP) is 3.21. The number of para-hydroxylation sites is 2. The maximum absolute atomic E-state index is 13.4. The molecule has 0 atom stereocenters. The van der Waals surface area contributed by atoms with Gasteiger partial charge in [0.2, 0.25) is 5.91 Å². The third-order valence-corrected chi connectivity index (χ3v) is 4.80. The van der Waals surface area contributed by atoms with Gasteiger partial charge in [-0.2, -0.15) is 0 Å². The summed E-state index contributed by atoms with van der Waals surface area (Å²) in [5, 5.41) is 2.15. The van der Waals surface area contributed by atoms with Crippen molar-refractivity contribution in [1.29, 1.82) is 0 Å². The fourth-order valence-corrected chi connectivity index (χ4v) is 3.39. The van der Waals surface area contributed by atoms with Gasteiger partial charge in [-0.3, -0.25) is 30.1 Å². The maximum atomic E-state index is 13.4. The molecule has 3 amide bonds. The predicted molar refractivity (Wildman–Crippen MR) is 119 cm³/mol. The van der Waals surface area contributed by atoms with Crippen LogP contribution in [0.15, 0.2) is 66.1 Å². The Hall–Kier alpha value is -4.05. The van der Waals surface area contributed by atoms with E-state index >= 15 is 0 Å². The number of thiazole rings is 1. The van der Waals surface area contributed by atoms with Gasteiger partial charge in [0.15, 0.2) is 23.3 Å². The molecule has 0 saturated carbocycles. The number of halogens is 1. The van der Waals surface area contributed by atoms with Crippen molar-refractivity contribution in [1.82, 2.24) is 15.8 Å². The first-order chi connectivity index (χ1) is 15.4. The van der Waals surface area contributed by atoms with E-state index in [1.807, 2.05) is 18.2 Å². The Labute approximate surface area is 187 Å². The highest BCUT2D eigenvalue weighted by atomic mass is 32.1. The summed E-state index contributed by atoms with van der Waals surface area (Å²) in [5.74, 6) is -2.12. The van der Waals surface area contributed by atoms with E-state index in [2.05, 4.69) is 15.8 Å². The molecule has 0 bridgehead atoms. The summed E-state index contributed by atoms with van der Waals surface area (Å²) in [6.07, 6.45) is 2.62. The molecular weight excluding hydrogens is 435 g/mol. The molecule has 0 saturated heterocycles. The number of aromatic nitrogens is 1. The second kappa shape index (κ2) is 10.8. The third-order valence-electron chi connectivity index (χ3n) is 3.96. The van der Waals surface area contributed by atoms with Crippen molar-refractivity contribution in [3.05, 3.63) is 77.6 Å². The molecule has 0 fully saturated rings. The van der Waals surface area contributed by atoms with Crippen LogP contribution in [0.5, 0.6) is 5.75 Å². The lowest BCUT2D eigenvalue weighted by Crippen LogP contribution is -2.43. The Morgan fingerprint density at radius 1 is 1.09 bits per heavy atom. The molecule has 1 heterocycles. The maximum Gasteiger partial charge on any atom is 0.276 e. The van der Waals surface area contributed by atoms with Crippen LogP contribution in [0.1, 0.15) is 12.6 Å². The third kappa shape index (κ3) is 6.22. The Bertz CT molecular complexity index is 1130. The molecule has 1 aromatic heterocycles. The van der Waals surface area contributed by atoms with Crippen molar-refractivity contribution < 1.29 is 23.5 Å². The van der Waals surface area contributed by atoms with E-state index in [4.69, 9.17) is 4.74 Å². The first-order valence-electron chi connectivity index (χ1n) is 9.39. The monoisotopic (exact) mass is 454 g/mol. The number of carbonyl (C=O) groups excluding carboxylic acids is 3. The number of rotatable bonds is 7. The number of benzene rings is 2. The SMILES string of the molecule is CC(=O)N(c1ccccc1)c1nc(C=CC(=O)NNC(=O)COc2ccccc2F)cs1. The van der Waals surface area contributed by atoms with E-state index in [0.29, 0.717) is 16.5 Å². The van der Waals surface area contributed by atoms with Gasteiger partial charge in [-0.05, 0) is 30.3 Å². The Kier molecular flexibility index (Phi) is 7.65. The molecule has 0 aliphatic heterocycles. The smallest absolute Gasteiger partial charge is 0.276 e. The zero-order valence-electron chi connectivity index (χ0n) is 16.9. The minimum Gasteiger partial charge on any atom is -0.481 e. The first-order valence-corrected chi connectivity index (χ1v) is 10.3. The molecule has 0 aliphatic rings. The van der Waals surface area contributed by atoms with Gasteiger partial charge in [0.25, 0.3) is 11.8 Å². The van der Waals surface area contributed by atoms with Crippen molar-refractivity contribution in [3.63, 3.8) is 0 Å². The summed E-state index contributed by atoms with van der Waals surface area (Å²) >= 11 is 1.25. The van der Waals surface area contributed by atoms with Gasteiger partial charge >= 0.3 is 0 Å². The minimum atomic E-state index is -0.661. The molecule has 0 spiro atoms. The summed E-state index contributed by atoms with van der Waals surface area (Å²) in [6, 6.07) is 14.7. The Morgan fingerprint density at radius 2 is 1.81 bits per heavy atom. The lowest BCUT2D eigenvalue weighted by Gasteiger charge is -2.17. The first kappa shape index (κ1) is 22.6. The second-order valence-corrected chi connectivity index (χ2v) is 7.17. The van der Waals surface area contributed by atoms with Gasteiger partial charge < -0.3 is 4.74 Å². The van der Waals surface area contributed by atoms with Gasteiger partial charge in [-0.25, -0.2) is 9.37 Å². The molecule has 0 radical (unpaired) electrons.